The van der Waals surface area contributed by atoms with E-state index in [4.69, 9.17) is 11.5 Å². The summed E-state index contributed by atoms with van der Waals surface area (Å²) in [7, 11) is 0. The summed E-state index contributed by atoms with van der Waals surface area (Å²) in [6.07, 6.45) is 3.21. The van der Waals surface area contributed by atoms with Crippen molar-refractivity contribution in [2.45, 2.75) is 26.4 Å². The highest BCUT2D eigenvalue weighted by atomic mass is 16.3. The maximum Gasteiger partial charge on any atom is 0.264 e. The summed E-state index contributed by atoms with van der Waals surface area (Å²) in [4.78, 5) is 28.1. The molecule has 3 aromatic heterocycles. The van der Waals surface area contributed by atoms with Crippen LogP contribution in [-0.4, -0.2) is 36.3 Å². The number of rotatable bonds is 3. The number of fused-ring (bicyclic) bond motifs is 2. The van der Waals surface area contributed by atoms with E-state index < -0.39 is 12.0 Å². The third kappa shape index (κ3) is 5.19. The molecule has 0 saturated heterocycles. The van der Waals surface area contributed by atoms with Crippen LogP contribution in [0.4, 0.5) is 5.82 Å². The molecule has 0 bridgehead atoms. The highest BCUT2D eigenvalue weighted by molar-refractivity contribution is 6.03. The van der Waals surface area contributed by atoms with Crippen molar-refractivity contribution in [2.24, 2.45) is 5.73 Å². The monoisotopic (exact) mass is 494 g/mol. The first-order valence-corrected chi connectivity index (χ1v) is 11.6. The van der Waals surface area contributed by atoms with Gasteiger partial charge in [0.25, 0.3) is 11.5 Å². The molecule has 5 rings (SSSR count). The van der Waals surface area contributed by atoms with E-state index in [-0.39, 0.29) is 16.9 Å². The zero-order chi connectivity index (χ0) is 26.5. The van der Waals surface area contributed by atoms with Crippen molar-refractivity contribution in [2.75, 3.05) is 5.73 Å². The van der Waals surface area contributed by atoms with Gasteiger partial charge in [0.15, 0.2) is 11.5 Å². The van der Waals surface area contributed by atoms with Crippen molar-refractivity contribution < 1.29 is 9.90 Å². The summed E-state index contributed by atoms with van der Waals surface area (Å²) in [6, 6.07) is 19.0. The SMILES string of the molecule is CCc1cc2cccc(C#CC(C)O)c2c(=O)n1-c1ccccc1.NC(=O)c1c(N)nn2cccnc12. The number of benzene rings is 2. The lowest BCUT2D eigenvalue weighted by Gasteiger charge is -2.14. The molecular weight excluding hydrogens is 468 g/mol. The Labute approximate surface area is 213 Å². The maximum absolute atomic E-state index is 13.2. The van der Waals surface area contributed by atoms with Crippen LogP contribution in [0.1, 0.15) is 35.5 Å². The van der Waals surface area contributed by atoms with Gasteiger partial charge < -0.3 is 16.6 Å². The van der Waals surface area contributed by atoms with E-state index in [1.807, 2.05) is 61.5 Å². The van der Waals surface area contributed by atoms with E-state index in [0.717, 1.165) is 23.2 Å². The highest BCUT2D eigenvalue weighted by Gasteiger charge is 2.15. The first-order chi connectivity index (χ1) is 17.8. The second-order valence-corrected chi connectivity index (χ2v) is 8.19. The average molecular weight is 495 g/mol. The Bertz CT molecular complexity index is 1710. The normalized spacial score (nSPS) is 11.3. The number of carbonyl (C=O) groups is 1. The fraction of sp³-hybridized carbons (Fsp3) is 0.143. The number of aliphatic hydroxyl groups is 1. The molecule has 5 aromatic rings. The number of primary amides is 1. The van der Waals surface area contributed by atoms with E-state index in [2.05, 4.69) is 21.9 Å². The second kappa shape index (κ2) is 10.8. The molecule has 1 unspecified atom stereocenters. The molecule has 186 valence electrons. The van der Waals surface area contributed by atoms with E-state index in [9.17, 15) is 14.7 Å². The lowest BCUT2D eigenvalue weighted by Crippen LogP contribution is -2.22. The van der Waals surface area contributed by atoms with Crippen molar-refractivity contribution in [1.82, 2.24) is 19.2 Å². The van der Waals surface area contributed by atoms with Crippen LogP contribution in [-0.2, 0) is 6.42 Å². The zero-order valence-corrected chi connectivity index (χ0v) is 20.4. The molecule has 0 aliphatic heterocycles. The van der Waals surface area contributed by atoms with Gasteiger partial charge in [0.05, 0.1) is 5.39 Å². The number of nitrogens with zero attached hydrogens (tertiary/aromatic N) is 4. The molecule has 3 heterocycles. The number of hydrogen-bond acceptors (Lipinski definition) is 6. The fourth-order valence-electron chi connectivity index (χ4n) is 3.96. The van der Waals surface area contributed by atoms with Gasteiger partial charge in [-0.05, 0) is 49.1 Å². The Morgan fingerprint density at radius 2 is 1.89 bits per heavy atom. The fourth-order valence-corrected chi connectivity index (χ4v) is 3.96. The summed E-state index contributed by atoms with van der Waals surface area (Å²) in [6.45, 7) is 3.65. The lowest BCUT2D eigenvalue weighted by atomic mass is 10.0. The van der Waals surface area contributed by atoms with E-state index in [0.29, 0.717) is 16.6 Å². The van der Waals surface area contributed by atoms with Gasteiger partial charge in [0.1, 0.15) is 11.7 Å². The Kier molecular flexibility index (Phi) is 7.32. The third-order valence-electron chi connectivity index (χ3n) is 5.58. The van der Waals surface area contributed by atoms with Crippen LogP contribution in [0.3, 0.4) is 0 Å². The van der Waals surface area contributed by atoms with Crippen LogP contribution in [0.5, 0.6) is 0 Å². The minimum Gasteiger partial charge on any atom is -0.381 e. The second-order valence-electron chi connectivity index (χ2n) is 8.19. The van der Waals surface area contributed by atoms with Crippen LogP contribution >= 0.6 is 0 Å². The van der Waals surface area contributed by atoms with Crippen LogP contribution in [0.25, 0.3) is 22.1 Å². The van der Waals surface area contributed by atoms with Gasteiger partial charge in [0, 0.05) is 29.3 Å². The number of amides is 1. The number of hydrogen-bond donors (Lipinski definition) is 3. The minimum absolute atomic E-state index is 0.0777. The van der Waals surface area contributed by atoms with Crippen molar-refractivity contribution in [1.29, 1.82) is 0 Å². The summed E-state index contributed by atoms with van der Waals surface area (Å²) < 4.78 is 3.16. The number of nitrogens with two attached hydrogens (primary N) is 2. The number of para-hydroxylation sites is 1. The Morgan fingerprint density at radius 3 is 2.57 bits per heavy atom. The topological polar surface area (TPSA) is 142 Å². The van der Waals surface area contributed by atoms with Gasteiger partial charge in [-0.15, -0.1) is 5.10 Å². The van der Waals surface area contributed by atoms with E-state index >= 15 is 0 Å². The molecule has 1 amide bonds. The van der Waals surface area contributed by atoms with Gasteiger partial charge in [-0.2, -0.15) is 0 Å². The zero-order valence-electron chi connectivity index (χ0n) is 20.4. The molecule has 5 N–H and O–H groups in total. The number of aromatic nitrogens is 4. The minimum atomic E-state index is -0.730. The number of aliphatic hydroxyl groups excluding tert-OH is 1. The van der Waals surface area contributed by atoms with E-state index in [1.165, 1.54) is 4.52 Å². The predicted molar refractivity (Wildman–Crippen MR) is 143 cm³/mol. The first-order valence-electron chi connectivity index (χ1n) is 11.6. The van der Waals surface area contributed by atoms with Gasteiger partial charge in [-0.25, -0.2) is 9.50 Å². The van der Waals surface area contributed by atoms with Crippen molar-refractivity contribution >= 4 is 28.1 Å². The molecular formula is C28H26N6O3. The Morgan fingerprint density at radius 1 is 1.14 bits per heavy atom. The smallest absolute Gasteiger partial charge is 0.264 e. The van der Waals surface area contributed by atoms with Crippen LogP contribution in [0, 0.1) is 11.8 Å². The van der Waals surface area contributed by atoms with Crippen LogP contribution in [0.2, 0.25) is 0 Å². The largest absolute Gasteiger partial charge is 0.381 e. The number of aryl methyl sites for hydroxylation is 1. The van der Waals surface area contributed by atoms with Crippen LogP contribution < -0.4 is 17.0 Å². The Balaban J connectivity index is 0.000000207. The highest BCUT2D eigenvalue weighted by Crippen LogP contribution is 2.19. The standard InChI is InChI=1S/C21H19NO2.C7H7N5O/c1-3-18-14-17-9-7-8-16(13-12-15(2)23)20(17)21(24)22(18)19-10-5-4-6-11-19;8-5-4(6(9)13)7-10-2-1-3-12(7)11-5/h4-11,14-15,23H,3H2,1-2H3;1-3H,(H2,8,11)(H2,9,13). The lowest BCUT2D eigenvalue weighted by molar-refractivity contribution is 0.100. The van der Waals surface area contributed by atoms with E-state index in [1.54, 1.807) is 30.0 Å². The molecule has 0 aliphatic rings. The number of anilines is 1. The molecule has 37 heavy (non-hydrogen) atoms. The van der Waals surface area contributed by atoms with Gasteiger partial charge in [-0.3, -0.25) is 14.2 Å². The first kappa shape index (κ1) is 25.2. The Hall–Kier alpha value is -4.94. The summed E-state index contributed by atoms with van der Waals surface area (Å²) in [5.74, 6) is 5.14. The van der Waals surface area contributed by atoms with Gasteiger partial charge in [0.2, 0.25) is 0 Å². The third-order valence-corrected chi connectivity index (χ3v) is 5.58. The van der Waals surface area contributed by atoms with Crippen molar-refractivity contribution in [3.63, 3.8) is 0 Å². The molecule has 2 aromatic carbocycles. The summed E-state index contributed by atoms with van der Waals surface area (Å²) in [5, 5.41) is 14.7. The average Bonchev–Trinajstić information content (AvgIpc) is 3.23. The molecule has 9 heteroatoms. The number of carbonyl (C=O) groups excluding carboxylic acids is 1. The van der Waals surface area contributed by atoms with Gasteiger partial charge >= 0.3 is 0 Å². The molecule has 0 spiro atoms. The molecule has 0 aliphatic carbocycles. The number of nitrogen functional groups attached to an aromatic ring is 1. The molecule has 0 saturated carbocycles. The van der Waals surface area contributed by atoms with Crippen LogP contribution in [0.15, 0.2) is 77.9 Å². The molecule has 0 fully saturated rings. The number of pyridine rings is 1. The summed E-state index contributed by atoms with van der Waals surface area (Å²) in [5.41, 5.74) is 13.5. The maximum atomic E-state index is 13.2. The molecule has 9 nitrogen and oxygen atoms in total. The molecule has 1 atom stereocenters. The quantitative estimate of drug-likeness (QED) is 0.329. The van der Waals surface area contributed by atoms with Crippen molar-refractivity contribution in [3.05, 3.63) is 100 Å². The predicted octanol–water partition coefficient (Wildman–Crippen LogP) is 2.70. The summed E-state index contributed by atoms with van der Waals surface area (Å²) >= 11 is 0. The van der Waals surface area contributed by atoms with Crippen molar-refractivity contribution in [3.8, 4) is 17.5 Å². The van der Waals surface area contributed by atoms with Gasteiger partial charge in [-0.1, -0.05) is 49.1 Å². The molecule has 0 radical (unpaired) electrons.